The summed E-state index contributed by atoms with van der Waals surface area (Å²) in [5.74, 6) is -0.118. The van der Waals surface area contributed by atoms with Crippen LogP contribution < -0.4 is 0 Å². The fourth-order valence-corrected chi connectivity index (χ4v) is 3.66. The van der Waals surface area contributed by atoms with E-state index in [1.165, 1.54) is 17.3 Å². The Hall–Kier alpha value is -2.66. The molecule has 0 saturated carbocycles. The minimum atomic E-state index is -0.484. The van der Waals surface area contributed by atoms with Gasteiger partial charge in [0.1, 0.15) is 5.69 Å². The topological polar surface area (TPSA) is 46.1 Å². The Kier molecular flexibility index (Phi) is 11.3. The van der Waals surface area contributed by atoms with Gasteiger partial charge in [-0.05, 0) is 56.2 Å². The van der Waals surface area contributed by atoms with Gasteiger partial charge in [-0.3, -0.25) is 4.79 Å². The number of carbonyl (C=O) groups excluding carboxylic acids is 1. The fraction of sp³-hybridized carbons (Fsp3) is 0.393. The number of carbonyl (C=O) groups is 1. The van der Waals surface area contributed by atoms with Crippen molar-refractivity contribution in [1.29, 1.82) is 0 Å². The maximum atomic E-state index is 13.6. The van der Waals surface area contributed by atoms with Gasteiger partial charge in [0.2, 0.25) is 0 Å². The van der Waals surface area contributed by atoms with Gasteiger partial charge in [-0.25, -0.2) is 9.97 Å². The Bertz CT molecular complexity index is 1030. The van der Waals surface area contributed by atoms with Crippen LogP contribution in [-0.2, 0) is 5.54 Å². The second-order valence-corrected chi connectivity index (χ2v) is 8.43. The van der Waals surface area contributed by atoms with Crippen molar-refractivity contribution in [3.05, 3.63) is 77.1 Å². The first kappa shape index (κ1) is 28.4. The molecule has 0 N–H and O–H groups in total. The van der Waals surface area contributed by atoms with Gasteiger partial charge in [0, 0.05) is 18.8 Å². The van der Waals surface area contributed by atoms with Crippen LogP contribution in [0.2, 0.25) is 0 Å². The maximum Gasteiger partial charge on any atom is 0.273 e. The van der Waals surface area contributed by atoms with E-state index in [1.54, 1.807) is 11.1 Å². The van der Waals surface area contributed by atoms with Gasteiger partial charge in [-0.1, -0.05) is 88.0 Å². The highest BCUT2D eigenvalue weighted by Gasteiger charge is 2.32. The first-order chi connectivity index (χ1) is 15.8. The molecule has 0 atom stereocenters. The second kappa shape index (κ2) is 13.1. The van der Waals surface area contributed by atoms with Crippen LogP contribution in [0, 0.1) is 13.8 Å². The number of benzene rings is 2. The van der Waals surface area contributed by atoms with Crippen molar-refractivity contribution >= 4 is 17.7 Å². The maximum absolute atomic E-state index is 13.6. The van der Waals surface area contributed by atoms with Crippen LogP contribution in [0.4, 0.5) is 0 Å². The molecule has 2 aromatic carbocycles. The lowest BCUT2D eigenvalue weighted by atomic mass is 9.91. The second-order valence-electron chi connectivity index (χ2n) is 7.66. The molecule has 0 aliphatic rings. The molecule has 0 spiro atoms. The molecule has 1 aromatic heterocycles. The van der Waals surface area contributed by atoms with E-state index in [9.17, 15) is 4.79 Å². The monoisotopic (exact) mass is 465 g/mol. The van der Waals surface area contributed by atoms with E-state index in [-0.39, 0.29) is 5.91 Å². The van der Waals surface area contributed by atoms with Crippen molar-refractivity contribution in [2.24, 2.45) is 0 Å². The number of amides is 1. The van der Waals surface area contributed by atoms with Crippen molar-refractivity contribution in [3.8, 4) is 11.1 Å². The number of aryl methyl sites for hydroxylation is 1. The Labute approximate surface area is 204 Å². The smallest absolute Gasteiger partial charge is 0.273 e. The van der Waals surface area contributed by atoms with Crippen LogP contribution in [0.5, 0.6) is 0 Å². The molecule has 0 bridgehead atoms. The first-order valence-electron chi connectivity index (χ1n) is 11.6. The first-order valence-corrected chi connectivity index (χ1v) is 12.8. The van der Waals surface area contributed by atoms with E-state index >= 15 is 0 Å². The van der Waals surface area contributed by atoms with Gasteiger partial charge in [0.05, 0.1) is 5.54 Å². The number of hydrogen-bond acceptors (Lipinski definition) is 4. The van der Waals surface area contributed by atoms with Crippen molar-refractivity contribution < 1.29 is 4.79 Å². The molecule has 3 rings (SSSR count). The Balaban J connectivity index is 0.00000129. The molecule has 0 aliphatic carbocycles. The fourth-order valence-electron chi connectivity index (χ4n) is 3.32. The minimum absolute atomic E-state index is 0.118. The molecule has 1 heterocycles. The van der Waals surface area contributed by atoms with Crippen molar-refractivity contribution in [2.45, 2.75) is 66.1 Å². The van der Waals surface area contributed by atoms with Crippen molar-refractivity contribution in [2.75, 3.05) is 13.3 Å². The number of nitrogens with zero attached hydrogens (tertiary/aromatic N) is 3. The highest BCUT2D eigenvalue weighted by atomic mass is 32.2. The summed E-state index contributed by atoms with van der Waals surface area (Å²) in [4.78, 5) is 24.5. The molecule has 3 aromatic rings. The van der Waals surface area contributed by atoms with Gasteiger partial charge in [-0.2, -0.15) is 0 Å². The molecule has 5 heteroatoms. The van der Waals surface area contributed by atoms with Crippen LogP contribution >= 0.6 is 11.8 Å². The summed E-state index contributed by atoms with van der Waals surface area (Å²) in [6.45, 7) is 16.2. The quantitative estimate of drug-likeness (QED) is 0.288. The van der Waals surface area contributed by atoms with Crippen LogP contribution in [0.15, 0.2) is 59.9 Å². The molecular weight excluding hydrogens is 426 g/mol. The summed E-state index contributed by atoms with van der Waals surface area (Å²) in [6.07, 6.45) is 3.69. The van der Waals surface area contributed by atoms with Crippen LogP contribution in [0.3, 0.4) is 0 Å². The lowest BCUT2D eigenvalue weighted by molar-refractivity contribution is 0.0616. The molecular formula is C28H39N3OS. The summed E-state index contributed by atoms with van der Waals surface area (Å²) < 4.78 is 0. The highest BCUT2D eigenvalue weighted by Crippen LogP contribution is 2.32. The third kappa shape index (κ3) is 6.44. The van der Waals surface area contributed by atoms with E-state index in [2.05, 4.69) is 43.7 Å². The molecule has 0 unspecified atom stereocenters. The SMILES string of the molecule is CC.CC.CSc1ncc(-c2cccc(C)c2C)c(C(=O)N(C)C(C)(C)c2ccccc2)n1. The van der Waals surface area contributed by atoms with Gasteiger partial charge in [0.25, 0.3) is 5.91 Å². The lowest BCUT2D eigenvalue weighted by Gasteiger charge is -2.36. The van der Waals surface area contributed by atoms with Crippen molar-refractivity contribution in [3.63, 3.8) is 0 Å². The Morgan fingerprint density at radius 1 is 0.909 bits per heavy atom. The highest BCUT2D eigenvalue weighted by molar-refractivity contribution is 7.98. The predicted molar refractivity (Wildman–Crippen MR) is 143 cm³/mol. The summed E-state index contributed by atoms with van der Waals surface area (Å²) in [5.41, 5.74) is 5.09. The largest absolute Gasteiger partial charge is 0.331 e. The molecule has 0 fully saturated rings. The zero-order chi connectivity index (χ0) is 25.2. The molecule has 0 aliphatic heterocycles. The lowest BCUT2D eigenvalue weighted by Crippen LogP contribution is -2.43. The number of hydrogen-bond donors (Lipinski definition) is 0. The average Bonchev–Trinajstić information content (AvgIpc) is 2.87. The van der Waals surface area contributed by atoms with Gasteiger partial charge in [0.15, 0.2) is 5.16 Å². The standard InChI is InChI=1S/C24H27N3OS.2C2H6/c1-16-11-10-14-19(17(16)2)20-15-25-23(29-6)26-21(20)22(28)27(5)24(3,4)18-12-8-7-9-13-18;2*1-2/h7-15H,1-6H3;2*1-2H3. The van der Waals surface area contributed by atoms with E-state index in [1.807, 2.05) is 83.5 Å². The molecule has 33 heavy (non-hydrogen) atoms. The molecule has 4 nitrogen and oxygen atoms in total. The summed E-state index contributed by atoms with van der Waals surface area (Å²) in [5, 5.41) is 0.591. The average molecular weight is 466 g/mol. The molecule has 0 saturated heterocycles. The van der Waals surface area contributed by atoms with Crippen LogP contribution in [0.25, 0.3) is 11.1 Å². The van der Waals surface area contributed by atoms with Crippen LogP contribution in [0.1, 0.15) is 68.7 Å². The minimum Gasteiger partial charge on any atom is -0.331 e. The van der Waals surface area contributed by atoms with E-state index in [0.29, 0.717) is 10.9 Å². The Morgan fingerprint density at radius 2 is 1.52 bits per heavy atom. The van der Waals surface area contributed by atoms with Gasteiger partial charge in [-0.15, -0.1) is 0 Å². The number of rotatable bonds is 5. The summed E-state index contributed by atoms with van der Waals surface area (Å²) in [7, 11) is 1.84. The van der Waals surface area contributed by atoms with E-state index < -0.39 is 5.54 Å². The van der Waals surface area contributed by atoms with E-state index in [0.717, 1.165) is 22.3 Å². The Morgan fingerprint density at radius 3 is 2.09 bits per heavy atom. The van der Waals surface area contributed by atoms with Crippen LogP contribution in [-0.4, -0.2) is 34.1 Å². The number of thioether (sulfide) groups is 1. The predicted octanol–water partition coefficient (Wildman–Crippen LogP) is 7.54. The summed E-state index contributed by atoms with van der Waals surface area (Å²) >= 11 is 1.43. The molecule has 178 valence electrons. The third-order valence-corrected chi connectivity index (χ3v) is 6.23. The summed E-state index contributed by atoms with van der Waals surface area (Å²) in [6, 6.07) is 16.2. The van der Waals surface area contributed by atoms with Crippen molar-refractivity contribution in [1.82, 2.24) is 14.9 Å². The van der Waals surface area contributed by atoms with Gasteiger partial charge >= 0.3 is 0 Å². The number of aromatic nitrogens is 2. The van der Waals surface area contributed by atoms with E-state index in [4.69, 9.17) is 0 Å². The van der Waals surface area contributed by atoms with Gasteiger partial charge < -0.3 is 4.90 Å². The molecule has 1 amide bonds. The zero-order valence-electron chi connectivity index (χ0n) is 21.9. The normalized spacial score (nSPS) is 10.4. The molecule has 0 radical (unpaired) electrons. The zero-order valence-corrected chi connectivity index (χ0v) is 22.7. The third-order valence-electron chi connectivity index (χ3n) is 5.67.